The van der Waals surface area contributed by atoms with E-state index < -0.39 is 0 Å². The number of carbonyl (C=O) groups excluding carboxylic acids is 2. The fraction of sp³-hybridized carbons (Fsp3) is 0.273. The van der Waals surface area contributed by atoms with Gasteiger partial charge in [-0.25, -0.2) is 0 Å². The van der Waals surface area contributed by atoms with E-state index in [0.29, 0.717) is 24.7 Å². The van der Waals surface area contributed by atoms with Crippen molar-refractivity contribution in [1.82, 2.24) is 4.90 Å². The lowest BCUT2D eigenvalue weighted by Gasteiger charge is -2.16. The summed E-state index contributed by atoms with van der Waals surface area (Å²) < 4.78 is 11.3. The van der Waals surface area contributed by atoms with E-state index in [1.54, 1.807) is 24.9 Å². The van der Waals surface area contributed by atoms with E-state index in [1.165, 1.54) is 11.0 Å². The number of rotatable bonds is 6. The summed E-state index contributed by atoms with van der Waals surface area (Å²) in [5, 5.41) is 2.85. The normalized spacial score (nSPS) is 13.0. The summed E-state index contributed by atoms with van der Waals surface area (Å²) in [6, 6.07) is 13.1. The predicted octanol–water partition coefficient (Wildman–Crippen LogP) is 3.68. The molecule has 0 saturated heterocycles. The summed E-state index contributed by atoms with van der Waals surface area (Å²) in [4.78, 5) is 27.0. The molecule has 1 N–H and O–H groups in total. The van der Waals surface area contributed by atoms with Gasteiger partial charge in [0.05, 0.1) is 25.4 Å². The van der Waals surface area contributed by atoms with Crippen LogP contribution in [0.1, 0.15) is 12.0 Å². The average Bonchev–Trinajstić information content (AvgIpc) is 2.97. The minimum Gasteiger partial charge on any atom is -0.490 e. The van der Waals surface area contributed by atoms with Crippen molar-refractivity contribution in [2.24, 2.45) is 0 Å². The van der Waals surface area contributed by atoms with Crippen LogP contribution in [0.15, 0.2) is 53.4 Å². The van der Waals surface area contributed by atoms with Gasteiger partial charge in [-0.05, 0) is 42.2 Å². The molecule has 1 aliphatic heterocycles. The van der Waals surface area contributed by atoms with Gasteiger partial charge in [0.25, 0.3) is 0 Å². The topological polar surface area (TPSA) is 67.9 Å². The van der Waals surface area contributed by atoms with Crippen molar-refractivity contribution in [3.8, 4) is 11.5 Å². The Morgan fingerprint density at radius 3 is 2.69 bits per heavy atom. The number of hydrogen-bond donors (Lipinski definition) is 1. The second-order valence-corrected chi connectivity index (χ2v) is 7.38. The van der Waals surface area contributed by atoms with Gasteiger partial charge in [-0.2, -0.15) is 0 Å². The van der Waals surface area contributed by atoms with E-state index in [2.05, 4.69) is 5.32 Å². The summed E-state index contributed by atoms with van der Waals surface area (Å²) in [5.74, 6) is 0.888. The maximum absolute atomic E-state index is 12.4. The molecule has 0 aliphatic carbocycles. The Hall–Kier alpha value is -2.93. The summed E-state index contributed by atoms with van der Waals surface area (Å²) in [5.41, 5.74) is 1.57. The van der Waals surface area contributed by atoms with E-state index in [4.69, 9.17) is 9.47 Å². The number of benzene rings is 2. The Morgan fingerprint density at radius 2 is 1.90 bits per heavy atom. The second kappa shape index (κ2) is 10.0. The zero-order chi connectivity index (χ0) is 20.6. The Kier molecular flexibility index (Phi) is 7.19. The molecule has 2 aromatic carbocycles. The molecule has 1 aliphatic rings. The number of nitrogens with zero attached hydrogens (tertiary/aromatic N) is 1. The van der Waals surface area contributed by atoms with Crippen LogP contribution in [0.25, 0.3) is 6.08 Å². The number of fused-ring (bicyclic) bond motifs is 1. The van der Waals surface area contributed by atoms with Crippen LogP contribution in [-0.2, 0) is 9.59 Å². The SMILES string of the molecule is CSc1ccccc1NC(=O)CN(C)C(=O)/C=C/c1ccc2c(c1)OCCCO2. The first-order valence-corrected chi connectivity index (χ1v) is 10.5. The van der Waals surface area contributed by atoms with Gasteiger partial charge >= 0.3 is 0 Å². The molecule has 0 bridgehead atoms. The molecule has 29 heavy (non-hydrogen) atoms. The number of carbonyl (C=O) groups is 2. The third kappa shape index (κ3) is 5.77. The van der Waals surface area contributed by atoms with Crippen molar-refractivity contribution >= 4 is 35.3 Å². The fourth-order valence-electron chi connectivity index (χ4n) is 2.81. The van der Waals surface area contributed by atoms with Crippen molar-refractivity contribution in [3.05, 3.63) is 54.1 Å². The molecule has 2 aromatic rings. The van der Waals surface area contributed by atoms with Crippen LogP contribution in [0.2, 0.25) is 0 Å². The number of likely N-dealkylation sites (N-methyl/N-ethyl adjacent to an activating group) is 1. The van der Waals surface area contributed by atoms with Crippen LogP contribution in [0, 0.1) is 0 Å². The quantitative estimate of drug-likeness (QED) is 0.579. The van der Waals surface area contributed by atoms with Gasteiger partial charge in [0.15, 0.2) is 11.5 Å². The molecular formula is C22H24N2O4S. The van der Waals surface area contributed by atoms with E-state index in [9.17, 15) is 9.59 Å². The first-order chi connectivity index (χ1) is 14.1. The average molecular weight is 413 g/mol. The molecule has 1 heterocycles. The summed E-state index contributed by atoms with van der Waals surface area (Å²) in [6.45, 7) is 1.21. The summed E-state index contributed by atoms with van der Waals surface area (Å²) >= 11 is 1.55. The number of para-hydroxylation sites is 1. The smallest absolute Gasteiger partial charge is 0.246 e. The molecule has 0 aromatic heterocycles. The van der Waals surface area contributed by atoms with Gasteiger partial charge in [-0.15, -0.1) is 11.8 Å². The molecule has 0 unspecified atom stereocenters. The number of nitrogens with one attached hydrogen (secondary N) is 1. The van der Waals surface area contributed by atoms with Crippen LogP contribution in [0.3, 0.4) is 0 Å². The maximum Gasteiger partial charge on any atom is 0.246 e. The number of thioether (sulfide) groups is 1. The van der Waals surface area contributed by atoms with Gasteiger partial charge in [0.2, 0.25) is 11.8 Å². The zero-order valence-electron chi connectivity index (χ0n) is 16.5. The van der Waals surface area contributed by atoms with Gasteiger partial charge in [0.1, 0.15) is 0 Å². The highest BCUT2D eigenvalue weighted by molar-refractivity contribution is 7.98. The minimum absolute atomic E-state index is 0.0347. The van der Waals surface area contributed by atoms with Crippen molar-refractivity contribution < 1.29 is 19.1 Å². The molecular weight excluding hydrogens is 388 g/mol. The summed E-state index contributed by atoms with van der Waals surface area (Å²) in [7, 11) is 1.60. The van der Waals surface area contributed by atoms with Crippen molar-refractivity contribution in [2.75, 3.05) is 38.4 Å². The molecule has 2 amide bonds. The minimum atomic E-state index is -0.259. The van der Waals surface area contributed by atoms with Crippen LogP contribution in [0.5, 0.6) is 11.5 Å². The van der Waals surface area contributed by atoms with E-state index in [-0.39, 0.29) is 18.4 Å². The zero-order valence-corrected chi connectivity index (χ0v) is 17.3. The lowest BCUT2D eigenvalue weighted by Crippen LogP contribution is -2.33. The van der Waals surface area contributed by atoms with Gasteiger partial charge in [0, 0.05) is 24.4 Å². The molecule has 0 spiro atoms. The highest BCUT2D eigenvalue weighted by atomic mass is 32.2. The van der Waals surface area contributed by atoms with Gasteiger partial charge in [-0.3, -0.25) is 9.59 Å². The fourth-order valence-corrected chi connectivity index (χ4v) is 3.36. The molecule has 152 valence electrons. The molecule has 7 heteroatoms. The monoisotopic (exact) mass is 412 g/mol. The number of ether oxygens (including phenoxy) is 2. The lowest BCUT2D eigenvalue weighted by molar-refractivity contribution is -0.129. The van der Waals surface area contributed by atoms with Crippen LogP contribution in [-0.4, -0.2) is 49.8 Å². The van der Waals surface area contributed by atoms with Crippen LogP contribution < -0.4 is 14.8 Å². The molecule has 0 saturated carbocycles. The molecule has 3 rings (SSSR count). The number of amides is 2. The lowest BCUT2D eigenvalue weighted by atomic mass is 10.2. The maximum atomic E-state index is 12.4. The number of anilines is 1. The van der Waals surface area contributed by atoms with Gasteiger partial charge in [-0.1, -0.05) is 18.2 Å². The second-order valence-electron chi connectivity index (χ2n) is 6.53. The third-order valence-electron chi connectivity index (χ3n) is 4.33. The van der Waals surface area contributed by atoms with Gasteiger partial charge < -0.3 is 19.7 Å². The highest BCUT2D eigenvalue weighted by Crippen LogP contribution is 2.30. The molecule has 0 atom stereocenters. The van der Waals surface area contributed by atoms with E-state index >= 15 is 0 Å². The Bertz CT molecular complexity index is 913. The summed E-state index contributed by atoms with van der Waals surface area (Å²) in [6.07, 6.45) is 5.94. The van der Waals surface area contributed by atoms with Crippen molar-refractivity contribution in [1.29, 1.82) is 0 Å². The standard InChI is InChI=1S/C22H24N2O4S/c1-24(15-21(25)23-17-6-3-4-7-20(17)29-2)22(26)11-9-16-8-10-18-19(14-16)28-13-5-12-27-18/h3-4,6-11,14H,5,12-13,15H2,1-2H3,(H,23,25)/b11-9+. The van der Waals surface area contributed by atoms with Crippen LogP contribution in [0.4, 0.5) is 5.69 Å². The first-order valence-electron chi connectivity index (χ1n) is 9.32. The molecule has 0 fully saturated rings. The molecule has 0 radical (unpaired) electrons. The first kappa shape index (κ1) is 20.8. The highest BCUT2D eigenvalue weighted by Gasteiger charge is 2.13. The third-order valence-corrected chi connectivity index (χ3v) is 5.12. The molecule has 6 nitrogen and oxygen atoms in total. The number of hydrogen-bond acceptors (Lipinski definition) is 5. The Labute approximate surface area is 174 Å². The largest absolute Gasteiger partial charge is 0.490 e. The van der Waals surface area contributed by atoms with Crippen molar-refractivity contribution in [2.45, 2.75) is 11.3 Å². The Balaban J connectivity index is 1.57. The van der Waals surface area contributed by atoms with Crippen LogP contribution >= 0.6 is 11.8 Å². The van der Waals surface area contributed by atoms with E-state index in [1.807, 2.05) is 48.7 Å². The van der Waals surface area contributed by atoms with Crippen molar-refractivity contribution in [3.63, 3.8) is 0 Å². The Morgan fingerprint density at radius 1 is 1.14 bits per heavy atom. The predicted molar refractivity (Wildman–Crippen MR) is 116 cm³/mol. The van der Waals surface area contributed by atoms with E-state index in [0.717, 1.165) is 22.6 Å².